The van der Waals surface area contributed by atoms with Crippen LogP contribution in [0.2, 0.25) is 0 Å². The van der Waals surface area contributed by atoms with E-state index in [4.69, 9.17) is 13.9 Å². The minimum Gasteiger partial charge on any atom is -0.490 e. The van der Waals surface area contributed by atoms with Crippen LogP contribution in [-0.4, -0.2) is 30.6 Å². The van der Waals surface area contributed by atoms with Gasteiger partial charge in [-0.25, -0.2) is 4.98 Å². The maximum atomic E-state index is 12.5. The molecule has 1 amide bonds. The van der Waals surface area contributed by atoms with E-state index in [1.165, 1.54) is 0 Å². The SMILES string of the molecule is CCOc1ccc(C(=O)NCCc2nc(-c3ccccc3)oc2C)cc1OCC. The molecule has 0 unspecified atom stereocenters. The molecule has 0 saturated carbocycles. The lowest BCUT2D eigenvalue weighted by Crippen LogP contribution is -2.26. The monoisotopic (exact) mass is 394 g/mol. The number of rotatable bonds is 9. The molecule has 1 aromatic heterocycles. The van der Waals surface area contributed by atoms with Crippen LogP contribution in [0.5, 0.6) is 11.5 Å². The first kappa shape index (κ1) is 20.5. The second kappa shape index (κ2) is 9.78. The number of aromatic nitrogens is 1. The quantitative estimate of drug-likeness (QED) is 0.582. The molecule has 0 bridgehead atoms. The summed E-state index contributed by atoms with van der Waals surface area (Å²) < 4.78 is 16.9. The molecule has 0 aliphatic heterocycles. The summed E-state index contributed by atoms with van der Waals surface area (Å²) in [7, 11) is 0. The number of amides is 1. The molecule has 6 nitrogen and oxygen atoms in total. The molecular weight excluding hydrogens is 368 g/mol. The van der Waals surface area contributed by atoms with Gasteiger partial charge in [0.1, 0.15) is 5.76 Å². The molecule has 0 fully saturated rings. The van der Waals surface area contributed by atoms with Gasteiger partial charge in [-0.1, -0.05) is 18.2 Å². The standard InChI is InChI=1S/C23H26N2O4/c1-4-27-20-12-11-18(15-21(20)28-5-2)22(26)24-14-13-19-16(3)29-23(25-19)17-9-7-6-8-10-17/h6-12,15H,4-5,13-14H2,1-3H3,(H,24,26). The zero-order valence-electron chi connectivity index (χ0n) is 17.0. The van der Waals surface area contributed by atoms with Crippen molar-refractivity contribution < 1.29 is 18.7 Å². The molecule has 0 aliphatic rings. The summed E-state index contributed by atoms with van der Waals surface area (Å²) in [6, 6.07) is 15.0. The zero-order valence-corrected chi connectivity index (χ0v) is 17.0. The largest absolute Gasteiger partial charge is 0.490 e. The molecule has 2 aromatic carbocycles. The number of carbonyl (C=O) groups excluding carboxylic acids is 1. The Kier molecular flexibility index (Phi) is 6.89. The highest BCUT2D eigenvalue weighted by atomic mass is 16.5. The number of nitrogens with zero attached hydrogens (tertiary/aromatic N) is 1. The number of carbonyl (C=O) groups is 1. The Bertz CT molecular complexity index is 951. The third-order valence-electron chi connectivity index (χ3n) is 4.37. The number of benzene rings is 2. The molecular formula is C23H26N2O4. The van der Waals surface area contributed by atoms with E-state index in [9.17, 15) is 4.79 Å². The first-order valence-corrected chi connectivity index (χ1v) is 9.82. The number of aryl methyl sites for hydroxylation is 1. The lowest BCUT2D eigenvalue weighted by atomic mass is 10.2. The molecule has 3 aromatic rings. The van der Waals surface area contributed by atoms with Gasteiger partial charge in [-0.2, -0.15) is 0 Å². The van der Waals surface area contributed by atoms with E-state index in [-0.39, 0.29) is 5.91 Å². The Morgan fingerprint density at radius 3 is 2.48 bits per heavy atom. The molecule has 0 atom stereocenters. The van der Waals surface area contributed by atoms with E-state index in [0.717, 1.165) is 17.0 Å². The van der Waals surface area contributed by atoms with Crippen LogP contribution < -0.4 is 14.8 Å². The second-order valence-corrected chi connectivity index (χ2v) is 6.42. The van der Waals surface area contributed by atoms with E-state index < -0.39 is 0 Å². The summed E-state index contributed by atoms with van der Waals surface area (Å²) in [5, 5.41) is 2.93. The van der Waals surface area contributed by atoms with Crippen LogP contribution in [0.25, 0.3) is 11.5 Å². The predicted molar refractivity (Wildman–Crippen MR) is 111 cm³/mol. The Labute approximate surface area is 170 Å². The third kappa shape index (κ3) is 5.16. The van der Waals surface area contributed by atoms with Crippen molar-refractivity contribution in [2.75, 3.05) is 19.8 Å². The van der Waals surface area contributed by atoms with Gasteiger partial charge < -0.3 is 19.2 Å². The molecule has 1 heterocycles. The molecule has 29 heavy (non-hydrogen) atoms. The van der Waals surface area contributed by atoms with E-state index >= 15 is 0 Å². The topological polar surface area (TPSA) is 73.6 Å². The van der Waals surface area contributed by atoms with Crippen molar-refractivity contribution >= 4 is 5.91 Å². The van der Waals surface area contributed by atoms with Crippen molar-refractivity contribution in [1.29, 1.82) is 0 Å². The molecule has 3 rings (SSSR count). The third-order valence-corrected chi connectivity index (χ3v) is 4.37. The molecule has 0 radical (unpaired) electrons. The first-order chi connectivity index (χ1) is 14.1. The van der Waals surface area contributed by atoms with Crippen molar-refractivity contribution in [2.45, 2.75) is 27.2 Å². The number of hydrogen-bond acceptors (Lipinski definition) is 5. The smallest absolute Gasteiger partial charge is 0.251 e. The Morgan fingerprint density at radius 2 is 1.76 bits per heavy atom. The predicted octanol–water partition coefficient (Wildman–Crippen LogP) is 4.42. The van der Waals surface area contributed by atoms with Crippen LogP contribution in [0.1, 0.15) is 35.7 Å². The Hall–Kier alpha value is -3.28. The Balaban J connectivity index is 1.61. The van der Waals surface area contributed by atoms with Crippen molar-refractivity contribution in [3.8, 4) is 23.0 Å². The molecule has 0 saturated heterocycles. The van der Waals surface area contributed by atoms with Gasteiger partial charge in [-0.15, -0.1) is 0 Å². The van der Waals surface area contributed by atoms with Crippen LogP contribution >= 0.6 is 0 Å². The van der Waals surface area contributed by atoms with Gasteiger partial charge in [0.2, 0.25) is 5.89 Å². The van der Waals surface area contributed by atoms with Crippen molar-refractivity contribution in [2.24, 2.45) is 0 Å². The van der Waals surface area contributed by atoms with Gasteiger partial charge in [0, 0.05) is 24.1 Å². The van der Waals surface area contributed by atoms with Gasteiger partial charge in [-0.3, -0.25) is 4.79 Å². The average molecular weight is 394 g/mol. The van der Waals surface area contributed by atoms with Crippen LogP contribution in [0.3, 0.4) is 0 Å². The fourth-order valence-corrected chi connectivity index (χ4v) is 2.95. The minimum absolute atomic E-state index is 0.168. The zero-order chi connectivity index (χ0) is 20.6. The molecule has 152 valence electrons. The Morgan fingerprint density at radius 1 is 1.03 bits per heavy atom. The van der Waals surface area contributed by atoms with Gasteiger partial charge in [0.15, 0.2) is 11.5 Å². The summed E-state index contributed by atoms with van der Waals surface area (Å²) in [4.78, 5) is 17.1. The van der Waals surface area contributed by atoms with E-state index in [0.29, 0.717) is 49.1 Å². The molecule has 6 heteroatoms. The summed E-state index contributed by atoms with van der Waals surface area (Å²) in [5.41, 5.74) is 2.30. The molecule has 0 aliphatic carbocycles. The van der Waals surface area contributed by atoms with Crippen LogP contribution in [-0.2, 0) is 6.42 Å². The number of nitrogens with one attached hydrogen (secondary N) is 1. The van der Waals surface area contributed by atoms with Gasteiger partial charge in [0.05, 0.1) is 18.9 Å². The molecule has 1 N–H and O–H groups in total. The van der Waals surface area contributed by atoms with E-state index in [1.54, 1.807) is 18.2 Å². The highest BCUT2D eigenvalue weighted by Crippen LogP contribution is 2.28. The van der Waals surface area contributed by atoms with Gasteiger partial charge in [0.25, 0.3) is 5.91 Å². The summed E-state index contributed by atoms with van der Waals surface area (Å²) in [6.07, 6.45) is 0.587. The first-order valence-electron chi connectivity index (χ1n) is 9.82. The van der Waals surface area contributed by atoms with Crippen molar-refractivity contribution in [1.82, 2.24) is 10.3 Å². The summed E-state index contributed by atoms with van der Waals surface area (Å²) >= 11 is 0. The fraction of sp³-hybridized carbons (Fsp3) is 0.304. The van der Waals surface area contributed by atoms with Crippen LogP contribution in [0, 0.1) is 6.92 Å². The fourth-order valence-electron chi connectivity index (χ4n) is 2.95. The summed E-state index contributed by atoms with van der Waals surface area (Å²) in [6.45, 7) is 7.18. The lowest BCUT2D eigenvalue weighted by Gasteiger charge is -2.12. The van der Waals surface area contributed by atoms with Crippen LogP contribution in [0.15, 0.2) is 52.9 Å². The average Bonchev–Trinajstić information content (AvgIpc) is 3.11. The van der Waals surface area contributed by atoms with Gasteiger partial charge >= 0.3 is 0 Å². The maximum Gasteiger partial charge on any atom is 0.251 e. The van der Waals surface area contributed by atoms with Crippen molar-refractivity contribution in [3.63, 3.8) is 0 Å². The minimum atomic E-state index is -0.168. The van der Waals surface area contributed by atoms with Crippen molar-refractivity contribution in [3.05, 3.63) is 65.5 Å². The highest BCUT2D eigenvalue weighted by Gasteiger charge is 2.14. The number of oxazole rings is 1. The number of hydrogen-bond donors (Lipinski definition) is 1. The lowest BCUT2D eigenvalue weighted by molar-refractivity contribution is 0.0953. The highest BCUT2D eigenvalue weighted by molar-refractivity contribution is 5.94. The normalized spacial score (nSPS) is 10.6. The second-order valence-electron chi connectivity index (χ2n) is 6.42. The van der Waals surface area contributed by atoms with E-state index in [2.05, 4.69) is 10.3 Å². The summed E-state index contributed by atoms with van der Waals surface area (Å²) in [5.74, 6) is 2.40. The van der Waals surface area contributed by atoms with Gasteiger partial charge in [-0.05, 0) is 51.1 Å². The molecule has 0 spiro atoms. The van der Waals surface area contributed by atoms with Crippen LogP contribution in [0.4, 0.5) is 0 Å². The maximum absolute atomic E-state index is 12.5. The number of ether oxygens (including phenoxy) is 2. The van der Waals surface area contributed by atoms with E-state index in [1.807, 2.05) is 51.1 Å².